The van der Waals surface area contributed by atoms with Gasteiger partial charge in [-0.25, -0.2) is 0 Å². The van der Waals surface area contributed by atoms with Crippen LogP contribution in [0.15, 0.2) is 0 Å². The van der Waals surface area contributed by atoms with Gasteiger partial charge in [-0.2, -0.15) is 0 Å². The first-order valence-corrected chi connectivity index (χ1v) is 7.96. The molecule has 1 amide bonds. The highest BCUT2D eigenvalue weighted by Crippen LogP contribution is 2.38. The zero-order chi connectivity index (χ0) is 15.7. The molecule has 0 atom stereocenters. The van der Waals surface area contributed by atoms with Gasteiger partial charge in [-0.15, -0.1) is 10.2 Å². The van der Waals surface area contributed by atoms with Gasteiger partial charge < -0.3 is 14.6 Å². The van der Waals surface area contributed by atoms with E-state index in [2.05, 4.69) is 10.2 Å². The van der Waals surface area contributed by atoms with E-state index in [9.17, 15) is 14.7 Å². The van der Waals surface area contributed by atoms with Crippen LogP contribution in [0.25, 0.3) is 0 Å². The Labute approximate surface area is 129 Å². The SMILES string of the molecule is Cc1nnc2n1CCN(C(=O)C1(C(=O)O)CCCCCC1)C2. The van der Waals surface area contributed by atoms with Crippen molar-refractivity contribution in [3.05, 3.63) is 11.6 Å². The van der Waals surface area contributed by atoms with E-state index < -0.39 is 11.4 Å². The van der Waals surface area contributed by atoms with E-state index in [-0.39, 0.29) is 5.91 Å². The molecule has 0 saturated heterocycles. The maximum atomic E-state index is 13.0. The van der Waals surface area contributed by atoms with Crippen molar-refractivity contribution < 1.29 is 14.7 Å². The lowest BCUT2D eigenvalue weighted by Gasteiger charge is -2.35. The molecule has 3 rings (SSSR count). The number of fused-ring (bicyclic) bond motifs is 1. The van der Waals surface area contributed by atoms with Crippen molar-refractivity contribution in [2.45, 2.75) is 58.5 Å². The number of hydrogen-bond donors (Lipinski definition) is 1. The highest BCUT2D eigenvalue weighted by molar-refractivity contribution is 6.01. The molecule has 1 aliphatic carbocycles. The number of aliphatic carboxylic acids is 1. The maximum Gasteiger partial charge on any atom is 0.319 e. The molecular weight excluding hydrogens is 284 g/mol. The highest BCUT2D eigenvalue weighted by atomic mass is 16.4. The van der Waals surface area contributed by atoms with Crippen LogP contribution in [0, 0.1) is 12.3 Å². The molecule has 0 bridgehead atoms. The van der Waals surface area contributed by atoms with Crippen LogP contribution in [0.3, 0.4) is 0 Å². The molecule has 120 valence electrons. The second-order valence-corrected chi connectivity index (χ2v) is 6.34. The number of aryl methyl sites for hydroxylation is 1. The van der Waals surface area contributed by atoms with Crippen LogP contribution >= 0.6 is 0 Å². The zero-order valence-electron chi connectivity index (χ0n) is 12.9. The predicted molar refractivity (Wildman–Crippen MR) is 77.9 cm³/mol. The number of amides is 1. The summed E-state index contributed by atoms with van der Waals surface area (Å²) in [5.41, 5.74) is -1.24. The molecule has 7 heteroatoms. The monoisotopic (exact) mass is 306 g/mol. The van der Waals surface area contributed by atoms with E-state index in [1.807, 2.05) is 11.5 Å². The summed E-state index contributed by atoms with van der Waals surface area (Å²) in [5, 5.41) is 17.9. The Balaban J connectivity index is 1.84. The predicted octanol–water partition coefficient (Wildman–Crippen LogP) is 1.35. The lowest BCUT2D eigenvalue weighted by Crippen LogP contribution is -2.50. The number of carbonyl (C=O) groups is 2. The van der Waals surface area contributed by atoms with Crippen LogP contribution in [0.4, 0.5) is 0 Å². The number of nitrogens with zero attached hydrogens (tertiary/aromatic N) is 4. The standard InChI is InChI=1S/C15H22N4O3/c1-11-16-17-12-10-18(8-9-19(11)12)13(20)15(14(21)22)6-4-2-3-5-7-15/h2-10H2,1H3,(H,21,22). The average Bonchev–Trinajstić information content (AvgIpc) is 2.74. The fourth-order valence-electron chi connectivity index (χ4n) is 3.63. The third-order valence-corrected chi connectivity index (χ3v) is 5.00. The van der Waals surface area contributed by atoms with E-state index in [0.29, 0.717) is 32.5 Å². The molecule has 1 aromatic rings. The van der Waals surface area contributed by atoms with E-state index in [1.165, 1.54) is 0 Å². The van der Waals surface area contributed by atoms with Gasteiger partial charge in [-0.3, -0.25) is 9.59 Å². The van der Waals surface area contributed by atoms with Gasteiger partial charge >= 0.3 is 5.97 Å². The number of aromatic nitrogens is 3. The molecule has 0 spiro atoms. The summed E-state index contributed by atoms with van der Waals surface area (Å²) >= 11 is 0. The zero-order valence-corrected chi connectivity index (χ0v) is 12.9. The fraction of sp³-hybridized carbons (Fsp3) is 0.733. The summed E-state index contributed by atoms with van der Waals surface area (Å²) in [4.78, 5) is 26.5. The number of carboxylic acid groups (broad SMARTS) is 1. The minimum absolute atomic E-state index is 0.242. The van der Waals surface area contributed by atoms with Crippen molar-refractivity contribution in [3.8, 4) is 0 Å². The molecule has 1 N–H and O–H groups in total. The van der Waals surface area contributed by atoms with Gasteiger partial charge in [0.25, 0.3) is 0 Å². The number of carbonyl (C=O) groups excluding carboxylic acids is 1. The lowest BCUT2D eigenvalue weighted by atomic mass is 9.79. The summed E-state index contributed by atoms with van der Waals surface area (Å²) in [5.74, 6) is 0.368. The summed E-state index contributed by atoms with van der Waals surface area (Å²) in [6.45, 7) is 3.40. The largest absolute Gasteiger partial charge is 0.480 e. The summed E-state index contributed by atoms with van der Waals surface area (Å²) < 4.78 is 1.99. The van der Waals surface area contributed by atoms with Gasteiger partial charge in [0.1, 0.15) is 11.2 Å². The van der Waals surface area contributed by atoms with Crippen LogP contribution in [0.5, 0.6) is 0 Å². The topological polar surface area (TPSA) is 88.3 Å². The molecule has 1 saturated carbocycles. The molecule has 0 aromatic carbocycles. The summed E-state index contributed by atoms with van der Waals surface area (Å²) in [6.07, 6.45) is 4.53. The molecule has 0 radical (unpaired) electrons. The third-order valence-electron chi connectivity index (χ3n) is 5.00. The minimum Gasteiger partial charge on any atom is -0.480 e. The number of rotatable bonds is 2. The van der Waals surface area contributed by atoms with Crippen molar-refractivity contribution in [2.75, 3.05) is 6.54 Å². The van der Waals surface area contributed by atoms with Crippen molar-refractivity contribution in [3.63, 3.8) is 0 Å². The van der Waals surface area contributed by atoms with Gasteiger partial charge in [-0.05, 0) is 19.8 Å². The normalized spacial score (nSPS) is 21.0. The molecule has 22 heavy (non-hydrogen) atoms. The Bertz CT molecular complexity index is 588. The Hall–Kier alpha value is -1.92. The van der Waals surface area contributed by atoms with Crippen LogP contribution in [-0.2, 0) is 22.7 Å². The van der Waals surface area contributed by atoms with Crippen molar-refractivity contribution in [1.29, 1.82) is 0 Å². The fourth-order valence-corrected chi connectivity index (χ4v) is 3.63. The lowest BCUT2D eigenvalue weighted by molar-refractivity contribution is -0.163. The minimum atomic E-state index is -1.24. The molecule has 2 aliphatic rings. The average molecular weight is 306 g/mol. The molecule has 1 aliphatic heterocycles. The van der Waals surface area contributed by atoms with Gasteiger partial charge in [0, 0.05) is 13.1 Å². The number of hydrogen-bond acceptors (Lipinski definition) is 4. The van der Waals surface area contributed by atoms with Crippen molar-refractivity contribution in [2.24, 2.45) is 5.41 Å². The molecular formula is C15H22N4O3. The molecule has 0 unspecified atom stereocenters. The quantitative estimate of drug-likeness (QED) is 0.658. The Morgan fingerprint density at radius 1 is 1.09 bits per heavy atom. The van der Waals surface area contributed by atoms with E-state index in [4.69, 9.17) is 0 Å². The maximum absolute atomic E-state index is 13.0. The molecule has 1 fully saturated rings. The Kier molecular flexibility index (Phi) is 3.88. The van der Waals surface area contributed by atoms with Gasteiger partial charge in [-0.1, -0.05) is 25.7 Å². The third kappa shape index (κ3) is 2.38. The first-order chi connectivity index (χ1) is 10.5. The molecule has 2 heterocycles. The molecule has 1 aromatic heterocycles. The van der Waals surface area contributed by atoms with Crippen molar-refractivity contribution >= 4 is 11.9 Å². The molecule has 7 nitrogen and oxygen atoms in total. The van der Waals surface area contributed by atoms with Gasteiger partial charge in [0.15, 0.2) is 5.82 Å². The summed E-state index contributed by atoms with van der Waals surface area (Å²) in [6, 6.07) is 0. The van der Waals surface area contributed by atoms with Crippen LogP contribution in [-0.4, -0.2) is 43.2 Å². The Morgan fingerprint density at radius 3 is 2.41 bits per heavy atom. The Morgan fingerprint density at radius 2 is 1.77 bits per heavy atom. The van der Waals surface area contributed by atoms with Crippen LogP contribution in [0.2, 0.25) is 0 Å². The smallest absolute Gasteiger partial charge is 0.319 e. The first kappa shape index (κ1) is 15.0. The number of carboxylic acids is 1. The van der Waals surface area contributed by atoms with E-state index >= 15 is 0 Å². The van der Waals surface area contributed by atoms with Gasteiger partial charge in [0.2, 0.25) is 5.91 Å². The van der Waals surface area contributed by atoms with Crippen molar-refractivity contribution in [1.82, 2.24) is 19.7 Å². The second kappa shape index (κ2) is 5.70. The summed E-state index contributed by atoms with van der Waals surface area (Å²) in [7, 11) is 0. The van der Waals surface area contributed by atoms with E-state index in [0.717, 1.165) is 37.3 Å². The second-order valence-electron chi connectivity index (χ2n) is 6.34. The first-order valence-electron chi connectivity index (χ1n) is 7.96. The van der Waals surface area contributed by atoms with Gasteiger partial charge in [0.05, 0.1) is 6.54 Å². The van der Waals surface area contributed by atoms with Crippen LogP contribution in [0.1, 0.15) is 50.2 Å². The van der Waals surface area contributed by atoms with Crippen LogP contribution < -0.4 is 0 Å². The van der Waals surface area contributed by atoms with E-state index in [1.54, 1.807) is 4.90 Å². The highest BCUT2D eigenvalue weighted by Gasteiger charge is 2.48.